The normalized spacial score (nSPS) is 20.6. The topological polar surface area (TPSA) is 0 Å². The van der Waals surface area contributed by atoms with E-state index in [1.165, 1.54) is 50.9 Å². The molecule has 4 bridgehead atoms. The summed E-state index contributed by atoms with van der Waals surface area (Å²) in [6, 6.07) is 44.2. The Labute approximate surface area is 435 Å². The number of hydrogen-bond acceptors (Lipinski definition) is 0. The van der Waals surface area contributed by atoms with E-state index in [1.807, 2.05) is 0 Å². The molecule has 0 saturated heterocycles. The summed E-state index contributed by atoms with van der Waals surface area (Å²) < 4.78 is 5.34. The second-order valence-corrected chi connectivity index (χ2v) is 31.3. The summed E-state index contributed by atoms with van der Waals surface area (Å²) in [4.78, 5) is 0. The fourth-order valence-corrected chi connectivity index (χ4v) is 26.2. The maximum atomic E-state index is 2.58. The second kappa shape index (κ2) is 20.2. The third-order valence-electron chi connectivity index (χ3n) is 17.2. The van der Waals surface area contributed by atoms with Gasteiger partial charge in [0.25, 0.3) is 0 Å². The van der Waals surface area contributed by atoms with Gasteiger partial charge in [-0.3, -0.25) is 0 Å². The van der Waals surface area contributed by atoms with Crippen molar-refractivity contribution in [1.82, 2.24) is 0 Å². The minimum atomic E-state index is -0.981. The molecule has 0 amide bonds. The van der Waals surface area contributed by atoms with Gasteiger partial charge >= 0.3 is 438 Å². The Bertz CT molecular complexity index is 2370. The molecule has 69 heavy (non-hydrogen) atoms. The first-order valence-corrected chi connectivity index (χ1v) is 32.6. The van der Waals surface area contributed by atoms with Crippen LogP contribution in [0.5, 0.6) is 0 Å². The third kappa shape index (κ3) is 9.12. The summed E-state index contributed by atoms with van der Waals surface area (Å²) in [5.74, 6) is 7.31. The van der Waals surface area contributed by atoms with E-state index in [4.69, 9.17) is 0 Å². The molecule has 0 heterocycles. The van der Waals surface area contributed by atoms with Crippen molar-refractivity contribution in [2.24, 2.45) is 23.7 Å². The van der Waals surface area contributed by atoms with Gasteiger partial charge in [0.1, 0.15) is 0 Å². The van der Waals surface area contributed by atoms with E-state index in [2.05, 4.69) is 220 Å². The standard InChI is InChI=1S/2C30H37.C7H8.2Ga/c2*1-19(2)25-14-10-15-26(20(3)4)29(25)23-12-9-13-24(18-23)30-27(21(5)6)16-11-17-28(30)22(7)8;1-4-2-6-5(1)7(6)3-4;;/h2*9-17,19-22H,1-8H3;1-2,4-7H,3H2;;. The zero-order valence-electron chi connectivity index (χ0n) is 45.3. The molecule has 4 aliphatic carbocycles. The number of hydrogen-bond donors (Lipinski definition) is 0. The average molecular weight is 1030 g/mol. The van der Waals surface area contributed by atoms with Crippen LogP contribution in [-0.2, 0) is 0 Å². The quantitative estimate of drug-likeness (QED) is 0.0848. The van der Waals surface area contributed by atoms with Gasteiger partial charge in [-0.15, -0.1) is 0 Å². The maximum absolute atomic E-state index is 2.58. The molecular formula is C67H82Ga2. The van der Waals surface area contributed by atoms with Gasteiger partial charge in [-0.1, -0.05) is 0 Å². The van der Waals surface area contributed by atoms with Gasteiger partial charge in [0, 0.05) is 0 Å². The predicted octanol–water partition coefficient (Wildman–Crippen LogP) is 18.2. The van der Waals surface area contributed by atoms with Crippen LogP contribution in [0.3, 0.4) is 0 Å². The molecule has 0 spiro atoms. The van der Waals surface area contributed by atoms with Crippen LogP contribution in [0.1, 0.15) is 209 Å². The first-order chi connectivity index (χ1) is 32.9. The van der Waals surface area contributed by atoms with Gasteiger partial charge in [-0.25, -0.2) is 0 Å². The van der Waals surface area contributed by atoms with Gasteiger partial charge in [-0.05, 0) is 0 Å². The van der Waals surface area contributed by atoms with E-state index in [0.29, 0.717) is 47.3 Å². The van der Waals surface area contributed by atoms with Crippen LogP contribution in [0.15, 0.2) is 109 Å². The molecule has 2 radical (unpaired) electrons. The van der Waals surface area contributed by atoms with E-state index >= 15 is 0 Å². The minimum absolute atomic E-state index is 0.458. The van der Waals surface area contributed by atoms with Crippen molar-refractivity contribution in [2.45, 2.75) is 173 Å². The fraction of sp³-hybridized carbons (Fsp3) is 0.463. The molecule has 356 valence electrons. The van der Waals surface area contributed by atoms with Crippen LogP contribution >= 0.6 is 0 Å². The molecule has 4 atom stereocenters. The summed E-state index contributed by atoms with van der Waals surface area (Å²) in [7, 11) is 0. The summed E-state index contributed by atoms with van der Waals surface area (Å²) >= 11 is -1.96. The van der Waals surface area contributed by atoms with E-state index in [0.717, 1.165) is 32.6 Å². The van der Waals surface area contributed by atoms with E-state index in [1.54, 1.807) is 52.7 Å². The first kappa shape index (κ1) is 50.5. The molecule has 0 aromatic heterocycles. The molecule has 0 N–H and O–H groups in total. The van der Waals surface area contributed by atoms with Gasteiger partial charge in [0.05, 0.1) is 0 Å². The van der Waals surface area contributed by atoms with Gasteiger partial charge < -0.3 is 0 Å². The van der Waals surface area contributed by atoms with Crippen LogP contribution in [0, 0.1) is 23.7 Å². The van der Waals surface area contributed by atoms with Crippen LogP contribution < -0.4 is 8.24 Å². The van der Waals surface area contributed by atoms with Crippen LogP contribution in [0.25, 0.3) is 44.5 Å². The molecule has 4 unspecified atom stereocenters. The van der Waals surface area contributed by atoms with Crippen molar-refractivity contribution in [3.05, 3.63) is 154 Å². The molecule has 4 saturated carbocycles. The molecule has 6 aromatic carbocycles. The summed E-state index contributed by atoms with van der Waals surface area (Å²) in [6.45, 7) is 38.8. The second-order valence-electron chi connectivity index (χ2n) is 24.2. The van der Waals surface area contributed by atoms with Crippen molar-refractivity contribution >= 4 is 43.1 Å². The fourth-order valence-electron chi connectivity index (χ4n) is 13.9. The van der Waals surface area contributed by atoms with Crippen molar-refractivity contribution in [3.8, 4) is 44.5 Å². The predicted molar refractivity (Wildman–Crippen MR) is 304 cm³/mol. The molecule has 0 aliphatic heterocycles. The molecule has 4 fully saturated rings. The van der Waals surface area contributed by atoms with Gasteiger partial charge in [-0.2, -0.15) is 0 Å². The Morgan fingerprint density at radius 3 is 0.681 bits per heavy atom. The van der Waals surface area contributed by atoms with Crippen LogP contribution in [0.2, 0.25) is 8.94 Å². The van der Waals surface area contributed by atoms with E-state index in [-0.39, 0.29) is 0 Å². The summed E-state index contributed by atoms with van der Waals surface area (Å²) in [5, 5.41) is 0. The third-order valence-corrected chi connectivity index (χ3v) is 26.8. The molecule has 4 aliphatic rings. The molecule has 0 nitrogen and oxygen atoms in total. The van der Waals surface area contributed by atoms with Gasteiger partial charge in [0.15, 0.2) is 0 Å². The Morgan fingerprint density at radius 2 is 0.493 bits per heavy atom. The average Bonchev–Trinajstić information content (AvgIpc) is 3.54. The van der Waals surface area contributed by atoms with Crippen molar-refractivity contribution in [3.63, 3.8) is 0 Å². The Kier molecular flexibility index (Phi) is 14.8. The Balaban J connectivity index is 1.24. The summed E-state index contributed by atoms with van der Waals surface area (Å²) in [6.07, 6.45) is 1.48. The van der Waals surface area contributed by atoms with Gasteiger partial charge in [0.2, 0.25) is 0 Å². The molecule has 2 heteroatoms. The zero-order chi connectivity index (χ0) is 49.3. The number of benzene rings is 6. The van der Waals surface area contributed by atoms with Crippen molar-refractivity contribution in [2.75, 3.05) is 0 Å². The SMILES string of the molecule is CC(C)c1cccc(C(C)C)c1-c1cccc(-c2c(C(C)C)cccc2C(C)C)[c]1[Ga][CH]1C2CC3C1C3[CH]2[Ga][c]1c(-c2c(C(C)C)cccc2C(C)C)cccc1-c1c(C(C)C)cccc1C(C)C. The Morgan fingerprint density at radius 1 is 0.290 bits per heavy atom. The zero-order valence-corrected chi connectivity index (χ0v) is 50.2. The number of rotatable bonds is 16. The van der Waals surface area contributed by atoms with E-state index in [9.17, 15) is 0 Å². The molecule has 6 aromatic rings. The molecule has 10 rings (SSSR count). The van der Waals surface area contributed by atoms with Crippen molar-refractivity contribution in [1.29, 1.82) is 0 Å². The van der Waals surface area contributed by atoms with Crippen LogP contribution in [-0.4, -0.2) is 34.8 Å². The van der Waals surface area contributed by atoms with Crippen molar-refractivity contribution < 1.29 is 0 Å². The van der Waals surface area contributed by atoms with E-state index < -0.39 is 34.8 Å². The first-order valence-electron chi connectivity index (χ1n) is 27.4. The monoisotopic (exact) mass is 1020 g/mol. The molecular weight excluding hydrogens is 944 g/mol. The summed E-state index contributed by atoms with van der Waals surface area (Å²) in [5.41, 5.74) is 24.8. The van der Waals surface area contributed by atoms with Crippen LogP contribution in [0.4, 0.5) is 0 Å². The Hall–Kier alpha value is -3.41.